The molecular weight excluding hydrogens is 443 g/mol. The SMILES string of the molecule is C=CCOc1c(Br)cc(/C=C2/NC(=O)N(Cc3ccccc3F)C2=O)cc1OC. The average molecular weight is 461 g/mol. The van der Waals surface area contributed by atoms with Gasteiger partial charge in [-0.2, -0.15) is 0 Å². The van der Waals surface area contributed by atoms with Crippen LogP contribution in [-0.4, -0.2) is 30.6 Å². The summed E-state index contributed by atoms with van der Waals surface area (Å²) in [6.45, 7) is 3.75. The minimum absolute atomic E-state index is 0.0834. The van der Waals surface area contributed by atoms with Gasteiger partial charge in [-0.25, -0.2) is 9.18 Å². The van der Waals surface area contributed by atoms with E-state index in [1.165, 1.54) is 25.3 Å². The van der Waals surface area contributed by atoms with E-state index in [1.807, 2.05) is 0 Å². The van der Waals surface area contributed by atoms with Gasteiger partial charge in [0.05, 0.1) is 18.1 Å². The maximum absolute atomic E-state index is 13.9. The van der Waals surface area contributed by atoms with Gasteiger partial charge in [-0.15, -0.1) is 0 Å². The van der Waals surface area contributed by atoms with Gasteiger partial charge in [0.1, 0.15) is 18.1 Å². The zero-order valence-electron chi connectivity index (χ0n) is 15.6. The Morgan fingerprint density at radius 3 is 2.72 bits per heavy atom. The van der Waals surface area contributed by atoms with E-state index >= 15 is 0 Å². The molecule has 8 heteroatoms. The summed E-state index contributed by atoms with van der Waals surface area (Å²) in [6.07, 6.45) is 3.13. The monoisotopic (exact) mass is 460 g/mol. The van der Waals surface area contributed by atoms with Crippen molar-refractivity contribution in [3.05, 3.63) is 76.2 Å². The van der Waals surface area contributed by atoms with Gasteiger partial charge in [0.25, 0.3) is 5.91 Å². The summed E-state index contributed by atoms with van der Waals surface area (Å²) in [5.74, 6) is -0.0693. The maximum atomic E-state index is 13.9. The van der Waals surface area contributed by atoms with Gasteiger partial charge in [-0.05, 0) is 45.8 Å². The molecule has 29 heavy (non-hydrogen) atoms. The molecule has 0 aliphatic carbocycles. The lowest BCUT2D eigenvalue weighted by molar-refractivity contribution is -0.123. The van der Waals surface area contributed by atoms with Crippen LogP contribution in [0.15, 0.2) is 59.2 Å². The highest BCUT2D eigenvalue weighted by Gasteiger charge is 2.34. The predicted molar refractivity (Wildman–Crippen MR) is 110 cm³/mol. The van der Waals surface area contributed by atoms with Crippen LogP contribution in [-0.2, 0) is 11.3 Å². The fourth-order valence-corrected chi connectivity index (χ4v) is 3.36. The molecule has 1 aliphatic rings. The lowest BCUT2D eigenvalue weighted by atomic mass is 10.1. The zero-order chi connectivity index (χ0) is 21.0. The summed E-state index contributed by atoms with van der Waals surface area (Å²) in [4.78, 5) is 25.8. The molecule has 0 spiro atoms. The highest BCUT2D eigenvalue weighted by molar-refractivity contribution is 9.10. The molecule has 3 rings (SSSR count). The quantitative estimate of drug-likeness (QED) is 0.380. The summed E-state index contributed by atoms with van der Waals surface area (Å²) in [5, 5.41) is 2.52. The van der Waals surface area contributed by atoms with Gasteiger partial charge >= 0.3 is 6.03 Å². The fourth-order valence-electron chi connectivity index (χ4n) is 2.78. The van der Waals surface area contributed by atoms with Crippen molar-refractivity contribution in [1.29, 1.82) is 0 Å². The Balaban J connectivity index is 1.86. The smallest absolute Gasteiger partial charge is 0.329 e. The number of carbonyl (C=O) groups excluding carboxylic acids is 2. The summed E-state index contributed by atoms with van der Waals surface area (Å²) in [5.41, 5.74) is 0.946. The standard InChI is InChI=1S/C21H18BrFN2O4/c1-3-8-29-19-15(22)9-13(11-18(19)28-2)10-17-20(26)25(21(27)24-17)12-14-6-4-5-7-16(14)23/h3-7,9-11H,1,8,12H2,2H3,(H,24,27)/b17-10+. The van der Waals surface area contributed by atoms with Crippen molar-refractivity contribution in [3.8, 4) is 11.5 Å². The third-order valence-electron chi connectivity index (χ3n) is 4.16. The molecule has 0 radical (unpaired) electrons. The molecule has 6 nitrogen and oxygen atoms in total. The number of halogens is 2. The number of rotatable bonds is 7. The lowest BCUT2D eigenvalue weighted by Crippen LogP contribution is -2.30. The number of ether oxygens (including phenoxy) is 2. The molecule has 0 unspecified atom stereocenters. The number of methoxy groups -OCH3 is 1. The number of urea groups is 1. The number of imide groups is 1. The molecule has 150 valence electrons. The number of hydrogen-bond donors (Lipinski definition) is 1. The number of amides is 3. The third-order valence-corrected chi connectivity index (χ3v) is 4.75. The molecule has 2 aromatic rings. The van der Waals surface area contributed by atoms with Crippen molar-refractivity contribution in [2.45, 2.75) is 6.54 Å². The summed E-state index contributed by atoms with van der Waals surface area (Å²) >= 11 is 3.42. The molecule has 2 aromatic carbocycles. The highest BCUT2D eigenvalue weighted by Crippen LogP contribution is 2.37. The van der Waals surface area contributed by atoms with Crippen molar-refractivity contribution < 1.29 is 23.5 Å². The second-order valence-electron chi connectivity index (χ2n) is 6.10. The number of benzene rings is 2. The molecular formula is C21H18BrFN2O4. The summed E-state index contributed by atoms with van der Waals surface area (Å²) in [6, 6.07) is 8.80. The first-order valence-electron chi connectivity index (χ1n) is 8.63. The average Bonchev–Trinajstić information content (AvgIpc) is 2.95. The van der Waals surface area contributed by atoms with Gasteiger partial charge in [-0.3, -0.25) is 9.69 Å². The molecule has 0 aromatic heterocycles. The number of carbonyl (C=O) groups is 2. The first-order valence-corrected chi connectivity index (χ1v) is 9.43. The first kappa shape index (κ1) is 20.6. The molecule has 1 saturated heterocycles. The molecule has 0 saturated carbocycles. The second-order valence-corrected chi connectivity index (χ2v) is 6.96. The van der Waals surface area contributed by atoms with Gasteiger partial charge in [-0.1, -0.05) is 30.9 Å². The number of nitrogens with one attached hydrogen (secondary N) is 1. The van der Waals surface area contributed by atoms with Crippen molar-refractivity contribution in [2.75, 3.05) is 13.7 Å². The minimum atomic E-state index is -0.610. The van der Waals surface area contributed by atoms with Crippen LogP contribution in [0, 0.1) is 5.82 Å². The van der Waals surface area contributed by atoms with Crippen LogP contribution in [0.25, 0.3) is 6.08 Å². The molecule has 1 aliphatic heterocycles. The van der Waals surface area contributed by atoms with Gasteiger partial charge in [0, 0.05) is 5.56 Å². The van der Waals surface area contributed by atoms with E-state index in [0.29, 0.717) is 28.1 Å². The van der Waals surface area contributed by atoms with E-state index in [-0.39, 0.29) is 17.8 Å². The van der Waals surface area contributed by atoms with Crippen LogP contribution < -0.4 is 14.8 Å². The van der Waals surface area contributed by atoms with E-state index in [1.54, 1.807) is 30.3 Å². The normalized spacial score (nSPS) is 14.9. The Kier molecular flexibility index (Phi) is 6.33. The van der Waals surface area contributed by atoms with Crippen molar-refractivity contribution in [3.63, 3.8) is 0 Å². The van der Waals surface area contributed by atoms with Crippen LogP contribution in [0.3, 0.4) is 0 Å². The highest BCUT2D eigenvalue weighted by atomic mass is 79.9. The largest absolute Gasteiger partial charge is 0.493 e. The van der Waals surface area contributed by atoms with Gasteiger partial charge in [0.15, 0.2) is 11.5 Å². The first-order chi connectivity index (χ1) is 13.9. The second kappa shape index (κ2) is 8.91. The van der Waals surface area contributed by atoms with Gasteiger partial charge in [0.2, 0.25) is 0 Å². The molecule has 0 atom stereocenters. The van der Waals surface area contributed by atoms with Crippen molar-refractivity contribution >= 4 is 33.9 Å². The summed E-state index contributed by atoms with van der Waals surface area (Å²) < 4.78 is 25.4. The topological polar surface area (TPSA) is 67.9 Å². The molecule has 1 N–H and O–H groups in total. The number of nitrogens with zero attached hydrogens (tertiary/aromatic N) is 1. The maximum Gasteiger partial charge on any atom is 0.329 e. The molecule has 1 heterocycles. The number of hydrogen-bond acceptors (Lipinski definition) is 4. The Hall–Kier alpha value is -3.13. The van der Waals surface area contributed by atoms with E-state index in [2.05, 4.69) is 27.8 Å². The Morgan fingerprint density at radius 2 is 2.03 bits per heavy atom. The third kappa shape index (κ3) is 4.48. The zero-order valence-corrected chi connectivity index (χ0v) is 17.2. The molecule has 1 fully saturated rings. The Morgan fingerprint density at radius 1 is 1.28 bits per heavy atom. The predicted octanol–water partition coefficient (Wildman–Crippen LogP) is 4.25. The minimum Gasteiger partial charge on any atom is -0.493 e. The molecule has 0 bridgehead atoms. The van der Waals surface area contributed by atoms with E-state index in [4.69, 9.17) is 9.47 Å². The van der Waals surface area contributed by atoms with Crippen LogP contribution in [0.1, 0.15) is 11.1 Å². The molecule has 3 amide bonds. The van der Waals surface area contributed by atoms with Crippen LogP contribution in [0.2, 0.25) is 0 Å². The Bertz CT molecular complexity index is 1010. The van der Waals surface area contributed by atoms with E-state index < -0.39 is 17.8 Å². The van der Waals surface area contributed by atoms with Crippen LogP contribution in [0.5, 0.6) is 11.5 Å². The summed E-state index contributed by atoms with van der Waals surface area (Å²) in [7, 11) is 1.50. The lowest BCUT2D eigenvalue weighted by Gasteiger charge is -2.13. The van der Waals surface area contributed by atoms with E-state index in [0.717, 1.165) is 4.90 Å². The van der Waals surface area contributed by atoms with E-state index in [9.17, 15) is 14.0 Å². The fraction of sp³-hybridized carbons (Fsp3) is 0.143. The van der Waals surface area contributed by atoms with Crippen LogP contribution in [0.4, 0.5) is 9.18 Å². The van der Waals surface area contributed by atoms with Gasteiger partial charge < -0.3 is 14.8 Å². The van der Waals surface area contributed by atoms with Crippen molar-refractivity contribution in [1.82, 2.24) is 10.2 Å². The van der Waals surface area contributed by atoms with Crippen molar-refractivity contribution in [2.24, 2.45) is 0 Å². The Labute approximate surface area is 175 Å². The van der Waals surface area contributed by atoms with Crippen LogP contribution >= 0.6 is 15.9 Å².